The Bertz CT molecular complexity index is 690. The van der Waals surface area contributed by atoms with Crippen LogP contribution in [0.1, 0.15) is 17.0 Å². The third-order valence-electron chi connectivity index (χ3n) is 2.77. The molecule has 96 valence electrons. The molecule has 3 aromatic rings. The number of nitrogens with zero attached hydrogens (tertiary/aromatic N) is 3. The van der Waals surface area contributed by atoms with Crippen LogP contribution in [0.4, 0.5) is 5.69 Å². The van der Waals surface area contributed by atoms with Crippen molar-refractivity contribution in [2.45, 2.75) is 13.3 Å². The number of rotatable bonds is 3. The summed E-state index contributed by atoms with van der Waals surface area (Å²) < 4.78 is 5.27. The molecular formula is C13H12N4OS. The molecule has 0 saturated carbocycles. The maximum Gasteiger partial charge on any atom is 0.270 e. The van der Waals surface area contributed by atoms with Gasteiger partial charge in [-0.1, -0.05) is 11.2 Å². The molecule has 19 heavy (non-hydrogen) atoms. The molecule has 0 aromatic carbocycles. The molecule has 2 N–H and O–H groups in total. The third kappa shape index (κ3) is 2.34. The van der Waals surface area contributed by atoms with Crippen LogP contribution in [-0.4, -0.2) is 15.1 Å². The van der Waals surface area contributed by atoms with Crippen molar-refractivity contribution in [1.82, 2.24) is 15.1 Å². The lowest BCUT2D eigenvalue weighted by molar-refractivity contribution is 0.425. The molecule has 0 amide bonds. The van der Waals surface area contributed by atoms with Crippen LogP contribution in [-0.2, 0) is 6.42 Å². The van der Waals surface area contributed by atoms with E-state index in [9.17, 15) is 0 Å². The number of pyridine rings is 1. The molecule has 5 nitrogen and oxygen atoms in total. The highest BCUT2D eigenvalue weighted by Gasteiger charge is 2.15. The lowest BCUT2D eigenvalue weighted by atomic mass is 10.2. The molecule has 0 fully saturated rings. The number of aromatic nitrogens is 3. The number of nitrogen functional groups attached to an aromatic ring is 1. The molecule has 0 unspecified atom stereocenters. The van der Waals surface area contributed by atoms with E-state index >= 15 is 0 Å². The van der Waals surface area contributed by atoms with E-state index in [1.165, 1.54) is 11.3 Å². The first kappa shape index (κ1) is 11.9. The van der Waals surface area contributed by atoms with E-state index in [-0.39, 0.29) is 0 Å². The second-order valence-corrected chi connectivity index (χ2v) is 5.09. The minimum atomic E-state index is 0.481. The molecule has 3 aromatic heterocycles. The second kappa shape index (κ2) is 4.81. The van der Waals surface area contributed by atoms with Gasteiger partial charge in [0, 0.05) is 18.8 Å². The monoisotopic (exact) mass is 272 g/mol. The Kier molecular flexibility index (Phi) is 3.00. The lowest BCUT2D eigenvalue weighted by Crippen LogP contribution is -1.91. The molecule has 0 aliphatic heterocycles. The van der Waals surface area contributed by atoms with E-state index in [4.69, 9.17) is 10.3 Å². The summed E-state index contributed by atoms with van der Waals surface area (Å²) in [7, 11) is 0. The van der Waals surface area contributed by atoms with Gasteiger partial charge in [0.25, 0.3) is 5.89 Å². The van der Waals surface area contributed by atoms with Crippen molar-refractivity contribution < 1.29 is 4.52 Å². The fraction of sp³-hybridized carbons (Fsp3) is 0.154. The van der Waals surface area contributed by atoms with Gasteiger partial charge < -0.3 is 10.3 Å². The zero-order valence-electron chi connectivity index (χ0n) is 10.3. The molecule has 6 heteroatoms. The normalized spacial score (nSPS) is 10.8. The average Bonchev–Trinajstić information content (AvgIpc) is 3.00. The number of thiophene rings is 1. The van der Waals surface area contributed by atoms with Gasteiger partial charge in [0.2, 0.25) is 0 Å². The first-order valence-electron chi connectivity index (χ1n) is 5.79. The summed E-state index contributed by atoms with van der Waals surface area (Å²) in [6, 6.07) is 3.86. The SMILES string of the molecule is Cc1csc(-c2nc(Cc3cccnc3)no2)c1N. The van der Waals surface area contributed by atoms with E-state index in [0.717, 1.165) is 16.0 Å². The van der Waals surface area contributed by atoms with Crippen LogP contribution < -0.4 is 5.73 Å². The molecule has 0 aliphatic carbocycles. The molecule has 0 aliphatic rings. The number of aryl methyl sites for hydroxylation is 1. The van der Waals surface area contributed by atoms with Gasteiger partial charge in [0.15, 0.2) is 5.82 Å². The van der Waals surface area contributed by atoms with Crippen molar-refractivity contribution >= 4 is 17.0 Å². The van der Waals surface area contributed by atoms with Gasteiger partial charge in [-0.05, 0) is 29.5 Å². The van der Waals surface area contributed by atoms with Gasteiger partial charge in [-0.15, -0.1) is 11.3 Å². The summed E-state index contributed by atoms with van der Waals surface area (Å²) in [4.78, 5) is 9.27. The number of anilines is 1. The summed E-state index contributed by atoms with van der Waals surface area (Å²) in [6.07, 6.45) is 4.13. The van der Waals surface area contributed by atoms with Crippen molar-refractivity contribution in [1.29, 1.82) is 0 Å². The summed E-state index contributed by atoms with van der Waals surface area (Å²) in [5, 5.41) is 5.96. The van der Waals surface area contributed by atoms with Crippen LogP contribution in [0.5, 0.6) is 0 Å². The number of hydrogen-bond acceptors (Lipinski definition) is 6. The van der Waals surface area contributed by atoms with Crippen molar-refractivity contribution in [3.8, 4) is 10.8 Å². The predicted molar refractivity (Wildman–Crippen MR) is 73.8 cm³/mol. The van der Waals surface area contributed by atoms with Crippen LogP contribution in [0.3, 0.4) is 0 Å². The fourth-order valence-corrected chi connectivity index (χ4v) is 2.62. The Morgan fingerprint density at radius 1 is 1.42 bits per heavy atom. The standard InChI is InChI=1S/C13H12N4OS/c1-8-7-19-12(11(8)14)13-16-10(17-18-13)5-9-3-2-4-15-6-9/h2-4,6-7H,5,14H2,1H3. The van der Waals surface area contributed by atoms with Gasteiger partial charge >= 0.3 is 0 Å². The largest absolute Gasteiger partial charge is 0.397 e. The molecule has 0 radical (unpaired) electrons. The number of hydrogen-bond donors (Lipinski definition) is 1. The topological polar surface area (TPSA) is 77.8 Å². The summed E-state index contributed by atoms with van der Waals surface area (Å²) >= 11 is 1.52. The Balaban J connectivity index is 1.86. The zero-order valence-corrected chi connectivity index (χ0v) is 11.1. The van der Waals surface area contributed by atoms with Gasteiger partial charge in [-0.25, -0.2) is 0 Å². The smallest absolute Gasteiger partial charge is 0.270 e. The fourth-order valence-electron chi connectivity index (χ4n) is 1.72. The maximum absolute atomic E-state index is 5.97. The summed E-state index contributed by atoms with van der Waals surface area (Å²) in [5.74, 6) is 1.11. The highest BCUT2D eigenvalue weighted by molar-refractivity contribution is 7.14. The summed E-state index contributed by atoms with van der Waals surface area (Å²) in [5.41, 5.74) is 8.76. The Hall–Kier alpha value is -2.21. The quantitative estimate of drug-likeness (QED) is 0.793. The van der Waals surface area contributed by atoms with E-state index in [1.807, 2.05) is 24.4 Å². The van der Waals surface area contributed by atoms with Crippen molar-refractivity contribution in [2.75, 3.05) is 5.73 Å². The molecule has 0 atom stereocenters. The van der Waals surface area contributed by atoms with E-state index < -0.39 is 0 Å². The Morgan fingerprint density at radius 3 is 3.00 bits per heavy atom. The van der Waals surface area contributed by atoms with Crippen molar-refractivity contribution in [2.24, 2.45) is 0 Å². The van der Waals surface area contributed by atoms with E-state index in [0.29, 0.717) is 23.8 Å². The highest BCUT2D eigenvalue weighted by atomic mass is 32.1. The highest BCUT2D eigenvalue weighted by Crippen LogP contribution is 2.33. The zero-order chi connectivity index (χ0) is 13.2. The maximum atomic E-state index is 5.97. The molecule has 0 spiro atoms. The molecule has 3 heterocycles. The molecule has 0 saturated heterocycles. The van der Waals surface area contributed by atoms with Crippen LogP contribution in [0.2, 0.25) is 0 Å². The predicted octanol–water partition coefficient (Wildman–Crippen LogP) is 2.67. The van der Waals surface area contributed by atoms with Crippen LogP contribution >= 0.6 is 11.3 Å². The summed E-state index contributed by atoms with van der Waals surface area (Å²) in [6.45, 7) is 1.96. The Labute approximate surface area is 114 Å². The van der Waals surface area contributed by atoms with E-state index in [1.54, 1.807) is 12.4 Å². The van der Waals surface area contributed by atoms with Crippen molar-refractivity contribution in [3.05, 3.63) is 46.9 Å². The van der Waals surface area contributed by atoms with Gasteiger partial charge in [-0.2, -0.15) is 4.98 Å². The van der Waals surface area contributed by atoms with Crippen LogP contribution in [0, 0.1) is 6.92 Å². The second-order valence-electron chi connectivity index (χ2n) is 4.22. The first-order valence-corrected chi connectivity index (χ1v) is 6.67. The average molecular weight is 272 g/mol. The van der Waals surface area contributed by atoms with Crippen molar-refractivity contribution in [3.63, 3.8) is 0 Å². The minimum absolute atomic E-state index is 0.481. The van der Waals surface area contributed by atoms with Gasteiger partial charge in [0.05, 0.1) is 5.69 Å². The molecular weight excluding hydrogens is 260 g/mol. The van der Waals surface area contributed by atoms with Gasteiger partial charge in [0.1, 0.15) is 4.88 Å². The van der Waals surface area contributed by atoms with E-state index in [2.05, 4.69) is 15.1 Å². The lowest BCUT2D eigenvalue weighted by Gasteiger charge is -1.94. The van der Waals surface area contributed by atoms with Gasteiger partial charge in [-0.3, -0.25) is 4.98 Å². The molecule has 0 bridgehead atoms. The first-order chi connectivity index (χ1) is 9.24. The third-order valence-corrected chi connectivity index (χ3v) is 3.87. The molecule has 3 rings (SSSR count). The van der Waals surface area contributed by atoms with Crippen LogP contribution in [0.15, 0.2) is 34.4 Å². The Morgan fingerprint density at radius 2 is 2.32 bits per heavy atom. The minimum Gasteiger partial charge on any atom is -0.397 e. The number of nitrogens with two attached hydrogens (primary N) is 1. The van der Waals surface area contributed by atoms with Crippen LogP contribution in [0.25, 0.3) is 10.8 Å².